The minimum Gasteiger partial charge on any atom is -0.352 e. The zero-order valence-electron chi connectivity index (χ0n) is 19.4. The molecule has 4 aliphatic rings. The Labute approximate surface area is 183 Å². The summed E-state index contributed by atoms with van der Waals surface area (Å²) in [6.07, 6.45) is 11.8. The van der Waals surface area contributed by atoms with Gasteiger partial charge >= 0.3 is 0 Å². The van der Waals surface area contributed by atoms with Crippen LogP contribution in [0.5, 0.6) is 0 Å². The molecule has 0 bridgehead atoms. The van der Waals surface area contributed by atoms with Gasteiger partial charge in [-0.3, -0.25) is 4.79 Å². The summed E-state index contributed by atoms with van der Waals surface area (Å²) in [6, 6.07) is 0.298. The van der Waals surface area contributed by atoms with Crippen LogP contribution in [0.1, 0.15) is 77.6 Å². The summed E-state index contributed by atoms with van der Waals surface area (Å²) in [5.41, 5.74) is 0. The quantitative estimate of drug-likeness (QED) is 0.701. The number of alkyl halides is 1. The second-order valence-corrected chi connectivity index (χ2v) is 11.4. The van der Waals surface area contributed by atoms with Crippen molar-refractivity contribution in [1.82, 2.24) is 15.5 Å². The number of carbonyl (C=O) groups excluding carboxylic acids is 1. The van der Waals surface area contributed by atoms with Gasteiger partial charge < -0.3 is 15.5 Å². The summed E-state index contributed by atoms with van der Waals surface area (Å²) in [6.45, 7) is 3.42. The first-order valence-electron chi connectivity index (χ1n) is 12.8. The first-order chi connectivity index (χ1) is 14.4. The van der Waals surface area contributed by atoms with Crippen molar-refractivity contribution < 1.29 is 9.18 Å². The van der Waals surface area contributed by atoms with Gasteiger partial charge in [0.25, 0.3) is 0 Å². The van der Waals surface area contributed by atoms with Crippen LogP contribution in [0.3, 0.4) is 0 Å². The zero-order valence-corrected chi connectivity index (χ0v) is 19.4. The van der Waals surface area contributed by atoms with Crippen molar-refractivity contribution in [2.75, 3.05) is 20.6 Å². The van der Waals surface area contributed by atoms with Crippen molar-refractivity contribution in [1.29, 1.82) is 0 Å². The van der Waals surface area contributed by atoms with Crippen LogP contribution in [-0.4, -0.2) is 55.7 Å². The number of halogens is 1. The second-order valence-electron chi connectivity index (χ2n) is 11.4. The van der Waals surface area contributed by atoms with Gasteiger partial charge in [-0.25, -0.2) is 4.39 Å². The number of hydrogen-bond acceptors (Lipinski definition) is 3. The molecule has 9 atom stereocenters. The monoisotopic (exact) mass is 421 g/mol. The van der Waals surface area contributed by atoms with Crippen LogP contribution >= 0.6 is 0 Å². The number of hydrogen-bond donors (Lipinski definition) is 2. The summed E-state index contributed by atoms with van der Waals surface area (Å²) >= 11 is 0. The van der Waals surface area contributed by atoms with Gasteiger partial charge in [-0.1, -0.05) is 32.6 Å². The number of nitrogens with zero attached hydrogens (tertiary/aromatic N) is 1. The minimum absolute atomic E-state index is 0.0273. The van der Waals surface area contributed by atoms with Crippen molar-refractivity contribution in [3.63, 3.8) is 0 Å². The van der Waals surface area contributed by atoms with Gasteiger partial charge in [-0.15, -0.1) is 0 Å². The van der Waals surface area contributed by atoms with E-state index in [1.807, 2.05) is 0 Å². The lowest BCUT2D eigenvalue weighted by Crippen LogP contribution is -2.49. The van der Waals surface area contributed by atoms with Crippen LogP contribution in [0, 0.1) is 29.6 Å². The molecule has 9 unspecified atom stereocenters. The fourth-order valence-electron chi connectivity index (χ4n) is 7.33. The Balaban J connectivity index is 1.28. The Hall–Kier alpha value is -0.680. The molecule has 1 saturated heterocycles. The highest BCUT2D eigenvalue weighted by Gasteiger charge is 2.46. The highest BCUT2D eigenvalue weighted by molar-refractivity contribution is 5.82. The molecule has 2 N–H and O–H groups in total. The molecule has 3 saturated carbocycles. The first kappa shape index (κ1) is 22.5. The topological polar surface area (TPSA) is 44.4 Å². The number of amides is 1. The van der Waals surface area contributed by atoms with Gasteiger partial charge in [0.15, 0.2) is 0 Å². The predicted molar refractivity (Wildman–Crippen MR) is 120 cm³/mol. The molecular weight excluding hydrogens is 377 g/mol. The molecule has 4 fully saturated rings. The number of nitrogens with one attached hydrogen (secondary N) is 2. The summed E-state index contributed by atoms with van der Waals surface area (Å²) in [5, 5.41) is 6.88. The lowest BCUT2D eigenvalue weighted by molar-refractivity contribution is -0.124. The van der Waals surface area contributed by atoms with Crippen LogP contribution in [0.2, 0.25) is 0 Å². The molecule has 0 aromatic carbocycles. The van der Waals surface area contributed by atoms with E-state index < -0.39 is 6.17 Å². The fraction of sp³-hybridized carbons (Fsp3) is 0.960. The molecular formula is C25H44FN3O. The standard InChI is InChI=1S/C25H44FN3O/c1-16-10-11-22(26)21-14-23(28-24(16)21)25(30)27-20-9-5-8-19(13-20)18-7-4-6-17(12-18)15-29(2)3/h16-24,28H,4-15H2,1-3H3,(H,27,30). The Morgan fingerprint density at radius 2 is 1.73 bits per heavy atom. The van der Waals surface area contributed by atoms with E-state index in [0.717, 1.165) is 37.0 Å². The normalized spacial score (nSPS) is 44.6. The molecule has 5 heteroatoms. The Bertz CT molecular complexity index is 567. The molecule has 30 heavy (non-hydrogen) atoms. The van der Waals surface area contributed by atoms with Crippen LogP contribution < -0.4 is 10.6 Å². The third-order valence-corrected chi connectivity index (χ3v) is 8.83. The van der Waals surface area contributed by atoms with Gasteiger partial charge in [0.2, 0.25) is 5.91 Å². The van der Waals surface area contributed by atoms with E-state index in [2.05, 4.69) is 36.6 Å². The van der Waals surface area contributed by atoms with E-state index in [9.17, 15) is 9.18 Å². The highest BCUT2D eigenvalue weighted by Crippen LogP contribution is 2.41. The maximum atomic E-state index is 14.4. The number of fused-ring (bicyclic) bond motifs is 1. The Kier molecular flexibility index (Phi) is 7.39. The second kappa shape index (κ2) is 9.85. The van der Waals surface area contributed by atoms with Crippen molar-refractivity contribution in [3.05, 3.63) is 0 Å². The van der Waals surface area contributed by atoms with Gasteiger partial charge in [0.05, 0.1) is 6.04 Å². The molecule has 172 valence electrons. The van der Waals surface area contributed by atoms with Crippen LogP contribution in [0.15, 0.2) is 0 Å². The van der Waals surface area contributed by atoms with E-state index in [1.165, 1.54) is 45.1 Å². The summed E-state index contributed by atoms with van der Waals surface area (Å²) < 4.78 is 14.4. The van der Waals surface area contributed by atoms with Crippen LogP contribution in [0.25, 0.3) is 0 Å². The number of carbonyl (C=O) groups is 1. The van der Waals surface area contributed by atoms with E-state index in [-0.39, 0.29) is 23.9 Å². The van der Waals surface area contributed by atoms with E-state index in [4.69, 9.17) is 0 Å². The average Bonchev–Trinajstić information content (AvgIpc) is 3.18. The molecule has 1 heterocycles. The molecule has 0 spiro atoms. The Morgan fingerprint density at radius 1 is 1.00 bits per heavy atom. The Morgan fingerprint density at radius 3 is 2.47 bits per heavy atom. The molecule has 4 nitrogen and oxygen atoms in total. The smallest absolute Gasteiger partial charge is 0.237 e. The van der Waals surface area contributed by atoms with E-state index in [0.29, 0.717) is 24.8 Å². The van der Waals surface area contributed by atoms with Crippen molar-refractivity contribution >= 4 is 5.91 Å². The van der Waals surface area contributed by atoms with Crippen molar-refractivity contribution in [3.8, 4) is 0 Å². The summed E-state index contributed by atoms with van der Waals surface area (Å²) in [4.78, 5) is 15.4. The van der Waals surface area contributed by atoms with Crippen molar-refractivity contribution in [2.45, 2.75) is 102 Å². The van der Waals surface area contributed by atoms with Gasteiger partial charge in [0, 0.05) is 24.5 Å². The van der Waals surface area contributed by atoms with Gasteiger partial charge in [-0.2, -0.15) is 0 Å². The zero-order chi connectivity index (χ0) is 21.3. The molecule has 3 aliphatic carbocycles. The molecule has 1 amide bonds. The van der Waals surface area contributed by atoms with Gasteiger partial charge in [0.1, 0.15) is 6.17 Å². The highest BCUT2D eigenvalue weighted by atomic mass is 19.1. The fourth-order valence-corrected chi connectivity index (χ4v) is 7.33. The third-order valence-electron chi connectivity index (χ3n) is 8.83. The van der Waals surface area contributed by atoms with Crippen molar-refractivity contribution in [2.24, 2.45) is 29.6 Å². The lowest BCUT2D eigenvalue weighted by Gasteiger charge is -2.39. The lowest BCUT2D eigenvalue weighted by atomic mass is 9.69. The SMILES string of the molecule is CC1CCC(F)C2CC(C(=O)NC3CCCC(C4CCCC(CN(C)C)C4)C3)NC12. The first-order valence-corrected chi connectivity index (χ1v) is 12.8. The summed E-state index contributed by atoms with van der Waals surface area (Å²) in [5.74, 6) is 3.08. The maximum Gasteiger partial charge on any atom is 0.237 e. The molecule has 0 aromatic heterocycles. The number of rotatable bonds is 5. The third kappa shape index (κ3) is 5.20. The molecule has 0 aromatic rings. The largest absolute Gasteiger partial charge is 0.352 e. The van der Waals surface area contributed by atoms with E-state index in [1.54, 1.807) is 0 Å². The summed E-state index contributed by atoms with van der Waals surface area (Å²) in [7, 11) is 4.38. The van der Waals surface area contributed by atoms with Gasteiger partial charge in [-0.05, 0) is 82.7 Å². The average molecular weight is 422 g/mol. The van der Waals surface area contributed by atoms with Crippen LogP contribution in [0.4, 0.5) is 4.39 Å². The van der Waals surface area contributed by atoms with E-state index >= 15 is 0 Å². The molecule has 4 rings (SSSR count). The molecule has 0 radical (unpaired) electrons. The van der Waals surface area contributed by atoms with Crippen LogP contribution in [-0.2, 0) is 4.79 Å². The predicted octanol–water partition coefficient (Wildman–Crippen LogP) is 4.14. The maximum absolute atomic E-state index is 14.4. The minimum atomic E-state index is -0.739. The molecule has 1 aliphatic heterocycles.